The Morgan fingerprint density at radius 3 is 3.07 bits per heavy atom. The Morgan fingerprint density at radius 1 is 1.44 bits per heavy atom. The summed E-state index contributed by atoms with van der Waals surface area (Å²) in [5, 5.41) is 1.02. The van der Waals surface area contributed by atoms with Gasteiger partial charge in [0.2, 0.25) is 5.88 Å². The molecular weight excluding hydrogens is 366 g/mol. The number of rotatable bonds is 6. The molecule has 4 heterocycles. The fourth-order valence-electron chi connectivity index (χ4n) is 3.00. The molecule has 27 heavy (non-hydrogen) atoms. The van der Waals surface area contributed by atoms with E-state index < -0.39 is 0 Å². The van der Waals surface area contributed by atoms with E-state index in [1.807, 2.05) is 18.4 Å². The largest absolute Gasteiger partial charge is 0.472 e. The van der Waals surface area contributed by atoms with Crippen LogP contribution in [0.25, 0.3) is 16.9 Å². The molecule has 1 saturated heterocycles. The number of thioether (sulfide) groups is 1. The van der Waals surface area contributed by atoms with Gasteiger partial charge in [-0.25, -0.2) is 19.3 Å². The predicted octanol–water partition coefficient (Wildman–Crippen LogP) is 2.05. The second kappa shape index (κ2) is 7.53. The van der Waals surface area contributed by atoms with Crippen LogP contribution in [0.5, 0.6) is 5.88 Å². The quantitative estimate of drug-likeness (QED) is 0.365. The zero-order valence-electron chi connectivity index (χ0n) is 14.9. The molecule has 0 spiro atoms. The molecule has 3 aromatic heterocycles. The molecule has 140 valence electrons. The highest BCUT2D eigenvalue weighted by molar-refractivity contribution is 7.98. The summed E-state index contributed by atoms with van der Waals surface area (Å²) in [6.07, 6.45) is 5.94. The lowest BCUT2D eigenvalue weighted by Gasteiger charge is -2.14. The molecule has 3 aromatic rings. The van der Waals surface area contributed by atoms with Crippen LogP contribution < -0.4 is 10.3 Å². The van der Waals surface area contributed by atoms with Gasteiger partial charge in [0.15, 0.2) is 16.6 Å². The number of ether oxygens (including phenoxy) is 2. The fraction of sp³-hybridized carbons (Fsp3) is 0.333. The lowest BCUT2D eigenvalue weighted by Crippen LogP contribution is -2.22. The molecule has 0 bridgehead atoms. The van der Waals surface area contributed by atoms with Gasteiger partial charge in [-0.15, -0.1) is 6.58 Å². The highest BCUT2D eigenvalue weighted by Gasteiger charge is 2.20. The Kier molecular flexibility index (Phi) is 4.95. The zero-order chi connectivity index (χ0) is 18.8. The fourth-order valence-corrected chi connectivity index (χ4v) is 3.33. The van der Waals surface area contributed by atoms with E-state index in [-0.39, 0.29) is 11.7 Å². The van der Waals surface area contributed by atoms with E-state index in [0.29, 0.717) is 47.6 Å². The first-order valence-electron chi connectivity index (χ1n) is 8.56. The number of allylic oxidation sites excluding steroid dienone is 1. The van der Waals surface area contributed by atoms with Crippen LogP contribution in [0.1, 0.15) is 6.42 Å². The van der Waals surface area contributed by atoms with E-state index in [9.17, 15) is 4.79 Å². The van der Waals surface area contributed by atoms with Gasteiger partial charge in [0.05, 0.1) is 19.8 Å². The summed E-state index contributed by atoms with van der Waals surface area (Å²) in [4.78, 5) is 26.1. The second-order valence-corrected chi connectivity index (χ2v) is 6.79. The van der Waals surface area contributed by atoms with Crippen LogP contribution in [-0.4, -0.2) is 49.9 Å². The van der Waals surface area contributed by atoms with Gasteiger partial charge in [0.25, 0.3) is 5.56 Å². The van der Waals surface area contributed by atoms with Crippen molar-refractivity contribution in [3.63, 3.8) is 0 Å². The third kappa shape index (κ3) is 3.35. The van der Waals surface area contributed by atoms with Gasteiger partial charge in [0, 0.05) is 18.7 Å². The van der Waals surface area contributed by atoms with Gasteiger partial charge in [-0.3, -0.25) is 4.79 Å². The molecule has 0 saturated carbocycles. The van der Waals surface area contributed by atoms with Crippen molar-refractivity contribution in [3.05, 3.63) is 47.4 Å². The lowest BCUT2D eigenvalue weighted by atomic mass is 10.3. The number of pyridine rings is 1. The van der Waals surface area contributed by atoms with Gasteiger partial charge in [-0.05, 0) is 12.3 Å². The Hall–Kier alpha value is -2.65. The molecule has 0 aromatic carbocycles. The van der Waals surface area contributed by atoms with Crippen molar-refractivity contribution in [1.29, 1.82) is 0 Å². The topological polar surface area (TPSA) is 84.1 Å². The van der Waals surface area contributed by atoms with Crippen LogP contribution >= 0.6 is 11.8 Å². The zero-order valence-corrected chi connectivity index (χ0v) is 15.7. The molecule has 0 aliphatic carbocycles. The summed E-state index contributed by atoms with van der Waals surface area (Å²) in [5.41, 5.74) is 0.324. The van der Waals surface area contributed by atoms with Crippen LogP contribution in [0.4, 0.5) is 0 Å². The molecule has 8 nitrogen and oxygen atoms in total. The molecular formula is C18H19N5O3S. The smallest absolute Gasteiger partial charge is 0.278 e. The van der Waals surface area contributed by atoms with Crippen LogP contribution in [0, 0.1) is 0 Å². The summed E-state index contributed by atoms with van der Waals surface area (Å²) >= 11 is 1.41. The molecule has 9 heteroatoms. The van der Waals surface area contributed by atoms with Crippen molar-refractivity contribution < 1.29 is 9.47 Å². The van der Waals surface area contributed by atoms with E-state index in [2.05, 4.69) is 21.5 Å². The first-order valence-corrected chi connectivity index (χ1v) is 9.79. The van der Waals surface area contributed by atoms with Crippen molar-refractivity contribution in [2.24, 2.45) is 0 Å². The van der Waals surface area contributed by atoms with Crippen LogP contribution in [0.2, 0.25) is 0 Å². The lowest BCUT2D eigenvalue weighted by molar-refractivity contribution is 0.138. The van der Waals surface area contributed by atoms with E-state index >= 15 is 0 Å². The number of fused-ring (bicyclic) bond motifs is 1. The summed E-state index contributed by atoms with van der Waals surface area (Å²) in [5.74, 6) is 1.03. The minimum atomic E-state index is -0.185. The van der Waals surface area contributed by atoms with Crippen molar-refractivity contribution in [2.45, 2.75) is 24.2 Å². The maximum Gasteiger partial charge on any atom is 0.278 e. The first kappa shape index (κ1) is 17.7. The molecule has 0 radical (unpaired) electrons. The van der Waals surface area contributed by atoms with Crippen molar-refractivity contribution in [1.82, 2.24) is 24.3 Å². The van der Waals surface area contributed by atoms with E-state index in [1.54, 1.807) is 27.7 Å². The molecule has 1 fully saturated rings. The van der Waals surface area contributed by atoms with Gasteiger partial charge in [-0.1, -0.05) is 23.9 Å². The molecule has 0 unspecified atom stereocenters. The number of hydrogen-bond acceptors (Lipinski definition) is 7. The normalized spacial score (nSPS) is 16.7. The minimum absolute atomic E-state index is 0.00468. The molecule has 0 amide bonds. The molecule has 0 N–H and O–H groups in total. The van der Waals surface area contributed by atoms with Gasteiger partial charge < -0.3 is 9.47 Å². The first-order chi connectivity index (χ1) is 13.2. The average molecular weight is 385 g/mol. The molecule has 1 aliphatic heterocycles. The summed E-state index contributed by atoms with van der Waals surface area (Å²) in [7, 11) is 0. The van der Waals surface area contributed by atoms with Gasteiger partial charge in [0.1, 0.15) is 11.5 Å². The monoisotopic (exact) mass is 385 g/mol. The van der Waals surface area contributed by atoms with E-state index in [0.717, 1.165) is 6.42 Å². The van der Waals surface area contributed by atoms with Crippen molar-refractivity contribution in [3.8, 4) is 11.7 Å². The Morgan fingerprint density at radius 2 is 2.33 bits per heavy atom. The third-order valence-corrected chi connectivity index (χ3v) is 4.80. The van der Waals surface area contributed by atoms with Gasteiger partial charge in [-0.2, -0.15) is 4.98 Å². The van der Waals surface area contributed by atoms with Crippen LogP contribution in [0.3, 0.4) is 0 Å². The summed E-state index contributed by atoms with van der Waals surface area (Å²) in [6, 6.07) is 5.46. The number of nitrogens with zero attached hydrogens (tertiary/aromatic N) is 5. The molecule has 4 rings (SSSR count). The summed E-state index contributed by atoms with van der Waals surface area (Å²) < 4.78 is 14.5. The van der Waals surface area contributed by atoms with Crippen molar-refractivity contribution >= 4 is 22.8 Å². The Balaban J connectivity index is 1.85. The Labute approximate surface area is 159 Å². The van der Waals surface area contributed by atoms with E-state index in [4.69, 9.17) is 9.47 Å². The Bertz CT molecular complexity index is 1040. The van der Waals surface area contributed by atoms with Crippen LogP contribution in [-0.2, 0) is 11.3 Å². The SMILES string of the molecule is C=CCn1c(=O)c2cnc(SC)nc2n1-c1cccc(O[C@@H]2CCOC2)n1. The third-order valence-electron chi connectivity index (χ3n) is 4.24. The highest BCUT2D eigenvalue weighted by Crippen LogP contribution is 2.20. The number of hydrogen-bond donors (Lipinski definition) is 0. The van der Waals surface area contributed by atoms with Crippen LogP contribution in [0.15, 0.2) is 47.0 Å². The van der Waals surface area contributed by atoms with Gasteiger partial charge >= 0.3 is 0 Å². The molecule has 1 atom stereocenters. The van der Waals surface area contributed by atoms with E-state index in [1.165, 1.54) is 11.8 Å². The maximum absolute atomic E-state index is 12.8. The number of aromatic nitrogens is 5. The maximum atomic E-state index is 12.8. The summed E-state index contributed by atoms with van der Waals surface area (Å²) in [6.45, 7) is 5.33. The average Bonchev–Trinajstić information content (AvgIpc) is 3.29. The predicted molar refractivity (Wildman–Crippen MR) is 103 cm³/mol. The second-order valence-electron chi connectivity index (χ2n) is 6.02. The van der Waals surface area contributed by atoms with Crippen molar-refractivity contribution in [2.75, 3.05) is 19.5 Å². The highest BCUT2D eigenvalue weighted by atomic mass is 32.2. The minimum Gasteiger partial charge on any atom is -0.472 e. The standard InChI is InChI=1S/C18H19N5O3S/c1-3-8-22-17(24)13-10-19-18(27-2)21-16(13)23(22)14-5-4-6-15(20-14)26-12-7-9-25-11-12/h3-6,10,12H,1,7-9,11H2,2H3/t12-/m1/s1. The molecule has 1 aliphatic rings.